The number of amides is 2. The summed E-state index contributed by atoms with van der Waals surface area (Å²) in [6.45, 7) is 1.81. The summed E-state index contributed by atoms with van der Waals surface area (Å²) in [7, 11) is -4.17. The van der Waals surface area contributed by atoms with Crippen LogP contribution in [0.4, 0.5) is 10.1 Å². The smallest absolute Gasteiger partial charge is 0.267 e. The summed E-state index contributed by atoms with van der Waals surface area (Å²) in [4.78, 5) is 24.6. The Morgan fingerprint density at radius 3 is 2.46 bits per heavy atom. The van der Waals surface area contributed by atoms with Gasteiger partial charge in [-0.15, -0.1) is 0 Å². The summed E-state index contributed by atoms with van der Waals surface area (Å²) >= 11 is 0. The molecule has 6 nitrogen and oxygen atoms in total. The lowest BCUT2D eigenvalue weighted by molar-refractivity contribution is -0.128. The maximum Gasteiger partial charge on any atom is 0.267 e. The lowest BCUT2D eigenvalue weighted by Gasteiger charge is -2.23. The molecule has 0 bridgehead atoms. The molecule has 1 saturated heterocycles. The minimum Gasteiger partial charge on any atom is -0.322 e. The van der Waals surface area contributed by atoms with Gasteiger partial charge in [0.15, 0.2) is 0 Å². The highest BCUT2D eigenvalue weighted by Gasteiger charge is 2.44. The van der Waals surface area contributed by atoms with Crippen LogP contribution in [0.5, 0.6) is 0 Å². The fourth-order valence-corrected chi connectivity index (χ4v) is 4.41. The molecule has 0 unspecified atom stereocenters. The Hall–Kier alpha value is -2.74. The summed E-state index contributed by atoms with van der Waals surface area (Å²) in [5.74, 6) is -2.03. The maximum absolute atomic E-state index is 13.7. The van der Waals surface area contributed by atoms with E-state index in [1.165, 1.54) is 30.3 Å². The molecule has 1 fully saturated rings. The molecule has 1 heterocycles. The van der Waals surface area contributed by atoms with Gasteiger partial charge in [-0.2, -0.15) is 0 Å². The quantitative estimate of drug-likeness (QED) is 0.888. The van der Waals surface area contributed by atoms with Crippen LogP contribution in [0.25, 0.3) is 0 Å². The topological polar surface area (TPSA) is 83.6 Å². The number of para-hydroxylation sites is 1. The number of sulfonamides is 1. The number of rotatable bonds is 4. The largest absolute Gasteiger partial charge is 0.322 e. The Bertz CT molecular complexity index is 957. The van der Waals surface area contributed by atoms with Crippen LogP contribution in [0.2, 0.25) is 0 Å². The average molecular weight is 376 g/mol. The van der Waals surface area contributed by atoms with E-state index >= 15 is 0 Å². The van der Waals surface area contributed by atoms with Gasteiger partial charge in [0.2, 0.25) is 11.8 Å². The fraction of sp³-hybridized carbons (Fsp3) is 0.222. The fourth-order valence-electron chi connectivity index (χ4n) is 2.80. The zero-order valence-electron chi connectivity index (χ0n) is 14.0. The number of hydrogen-bond donors (Lipinski definition) is 1. The number of benzene rings is 2. The van der Waals surface area contributed by atoms with Crippen LogP contribution >= 0.6 is 0 Å². The van der Waals surface area contributed by atoms with Crippen LogP contribution in [-0.4, -0.2) is 30.6 Å². The molecule has 0 aromatic heterocycles. The van der Waals surface area contributed by atoms with Crippen LogP contribution < -0.4 is 5.32 Å². The van der Waals surface area contributed by atoms with Crippen LogP contribution in [0.3, 0.4) is 0 Å². The van der Waals surface area contributed by atoms with E-state index in [9.17, 15) is 22.4 Å². The predicted molar refractivity (Wildman–Crippen MR) is 93.3 cm³/mol. The van der Waals surface area contributed by atoms with E-state index in [2.05, 4.69) is 5.32 Å². The minimum atomic E-state index is -4.17. The normalized spacial score (nSPS) is 17.4. The van der Waals surface area contributed by atoms with Gasteiger partial charge >= 0.3 is 0 Å². The summed E-state index contributed by atoms with van der Waals surface area (Å²) in [5.41, 5.74) is 0.801. The number of nitrogens with one attached hydrogen (secondary N) is 1. The highest BCUT2D eigenvalue weighted by Crippen LogP contribution is 2.28. The van der Waals surface area contributed by atoms with Crippen molar-refractivity contribution in [2.45, 2.75) is 30.7 Å². The first-order chi connectivity index (χ1) is 12.3. The van der Waals surface area contributed by atoms with E-state index in [4.69, 9.17) is 0 Å². The summed E-state index contributed by atoms with van der Waals surface area (Å²) < 4.78 is 40.0. The van der Waals surface area contributed by atoms with Gasteiger partial charge in [0.1, 0.15) is 11.9 Å². The molecule has 2 aromatic rings. The molecule has 1 aliphatic heterocycles. The van der Waals surface area contributed by atoms with E-state index in [1.807, 2.05) is 6.92 Å². The molecule has 0 aliphatic carbocycles. The van der Waals surface area contributed by atoms with E-state index < -0.39 is 33.7 Å². The molecule has 8 heteroatoms. The zero-order valence-corrected chi connectivity index (χ0v) is 14.8. The van der Waals surface area contributed by atoms with Crippen molar-refractivity contribution >= 4 is 27.5 Å². The third kappa shape index (κ3) is 3.32. The lowest BCUT2D eigenvalue weighted by Crippen LogP contribution is -2.45. The first-order valence-electron chi connectivity index (χ1n) is 8.00. The molecule has 1 atom stereocenters. The van der Waals surface area contributed by atoms with Crippen LogP contribution in [0, 0.1) is 12.7 Å². The number of halogens is 1. The van der Waals surface area contributed by atoms with Crippen molar-refractivity contribution < 1.29 is 22.4 Å². The van der Waals surface area contributed by atoms with Gasteiger partial charge in [-0.1, -0.05) is 29.8 Å². The van der Waals surface area contributed by atoms with Crippen molar-refractivity contribution in [3.8, 4) is 0 Å². The molecule has 0 spiro atoms. The van der Waals surface area contributed by atoms with Crippen molar-refractivity contribution in [3.05, 3.63) is 59.9 Å². The molecule has 136 valence electrons. The third-order valence-corrected chi connectivity index (χ3v) is 6.02. The number of carbonyl (C=O) groups is 2. The Morgan fingerprint density at radius 1 is 1.15 bits per heavy atom. The van der Waals surface area contributed by atoms with E-state index in [-0.39, 0.29) is 23.4 Å². The molecule has 3 rings (SSSR count). The SMILES string of the molecule is Cc1ccc(S(=O)(=O)N2C(=O)CC[C@H]2C(=O)Nc2ccccc2F)cc1. The minimum absolute atomic E-state index is 0.0458. The maximum atomic E-state index is 13.7. The number of hydrogen-bond acceptors (Lipinski definition) is 4. The molecule has 2 amide bonds. The van der Waals surface area contributed by atoms with Crippen LogP contribution in [-0.2, 0) is 19.6 Å². The number of nitrogens with zero attached hydrogens (tertiary/aromatic N) is 1. The summed E-state index contributed by atoms with van der Waals surface area (Å²) in [6, 6.07) is 10.3. The van der Waals surface area contributed by atoms with E-state index in [1.54, 1.807) is 18.2 Å². The van der Waals surface area contributed by atoms with Crippen LogP contribution in [0.15, 0.2) is 53.4 Å². The standard InChI is InChI=1S/C18H17FN2O4S/c1-12-6-8-13(9-7-12)26(24,25)21-16(10-11-17(21)22)18(23)20-15-5-3-2-4-14(15)19/h2-9,16H,10-11H2,1H3,(H,20,23)/t16-/m0/s1. The zero-order chi connectivity index (χ0) is 18.9. The molecule has 2 aromatic carbocycles. The second-order valence-electron chi connectivity index (χ2n) is 6.03. The van der Waals surface area contributed by atoms with Crippen molar-refractivity contribution in [1.82, 2.24) is 4.31 Å². The lowest BCUT2D eigenvalue weighted by atomic mass is 10.2. The second kappa shape index (κ2) is 6.87. The Kier molecular flexibility index (Phi) is 4.78. The van der Waals surface area contributed by atoms with Gasteiger partial charge in [0.05, 0.1) is 10.6 Å². The molecule has 1 aliphatic rings. The number of carbonyl (C=O) groups excluding carboxylic acids is 2. The van der Waals surface area contributed by atoms with Gasteiger partial charge in [0.25, 0.3) is 10.0 Å². The van der Waals surface area contributed by atoms with Gasteiger partial charge in [-0.05, 0) is 37.6 Å². The highest BCUT2D eigenvalue weighted by atomic mass is 32.2. The molecule has 0 saturated carbocycles. The average Bonchev–Trinajstić information content (AvgIpc) is 3.00. The summed E-state index contributed by atoms with van der Waals surface area (Å²) in [6.07, 6.45) is -0.0232. The van der Waals surface area contributed by atoms with Crippen molar-refractivity contribution in [3.63, 3.8) is 0 Å². The first kappa shape index (κ1) is 18.1. The number of aryl methyl sites for hydroxylation is 1. The second-order valence-corrected chi connectivity index (χ2v) is 7.85. The van der Waals surface area contributed by atoms with Crippen molar-refractivity contribution in [2.75, 3.05) is 5.32 Å². The molecule has 1 N–H and O–H groups in total. The Labute approximate surface area is 150 Å². The van der Waals surface area contributed by atoms with E-state index in [0.29, 0.717) is 4.31 Å². The third-order valence-electron chi connectivity index (χ3n) is 4.17. The molecule has 26 heavy (non-hydrogen) atoms. The van der Waals surface area contributed by atoms with Gasteiger partial charge in [-0.3, -0.25) is 9.59 Å². The molecular formula is C18H17FN2O4S. The van der Waals surface area contributed by atoms with Crippen molar-refractivity contribution in [2.24, 2.45) is 0 Å². The Morgan fingerprint density at radius 2 is 1.81 bits per heavy atom. The first-order valence-corrected chi connectivity index (χ1v) is 9.44. The van der Waals surface area contributed by atoms with Gasteiger partial charge in [0, 0.05) is 6.42 Å². The molecule has 0 radical (unpaired) electrons. The van der Waals surface area contributed by atoms with Crippen molar-refractivity contribution in [1.29, 1.82) is 0 Å². The van der Waals surface area contributed by atoms with Gasteiger partial charge in [-0.25, -0.2) is 17.1 Å². The molecular weight excluding hydrogens is 359 g/mol. The van der Waals surface area contributed by atoms with E-state index in [0.717, 1.165) is 5.56 Å². The Balaban J connectivity index is 1.90. The monoisotopic (exact) mass is 376 g/mol. The number of anilines is 1. The predicted octanol–water partition coefficient (Wildman–Crippen LogP) is 2.45. The van der Waals surface area contributed by atoms with Crippen LogP contribution in [0.1, 0.15) is 18.4 Å². The van der Waals surface area contributed by atoms with Gasteiger partial charge < -0.3 is 5.32 Å². The highest BCUT2D eigenvalue weighted by molar-refractivity contribution is 7.89. The summed E-state index contributed by atoms with van der Waals surface area (Å²) in [5, 5.41) is 2.36.